The smallest absolute Gasteiger partial charge is 0.216 e. The van der Waals surface area contributed by atoms with Gasteiger partial charge in [-0.25, -0.2) is 9.11 Å². The maximum absolute atomic E-state index is 10.2. The molecule has 11 heavy (non-hydrogen) atoms. The predicted molar refractivity (Wildman–Crippen MR) is 47.9 cm³/mol. The first-order chi connectivity index (χ1) is 5.26. The first-order valence-corrected chi connectivity index (χ1v) is 4.61. The molecule has 0 radical (unpaired) electrons. The third kappa shape index (κ3) is 4.29. The lowest BCUT2D eigenvalue weighted by Crippen LogP contribution is -2.31. The highest BCUT2D eigenvalue weighted by atomic mass is 32.1. The highest BCUT2D eigenvalue weighted by molar-refractivity contribution is 7.65. The fourth-order valence-electron chi connectivity index (χ4n) is 0.791. The average Bonchev–Trinajstić information content (AvgIpc) is 2.05. The van der Waals surface area contributed by atoms with Crippen molar-refractivity contribution in [2.45, 2.75) is 26.7 Å². The zero-order valence-corrected chi connectivity index (χ0v) is 7.86. The van der Waals surface area contributed by atoms with Crippen LogP contribution in [-0.4, -0.2) is 32.5 Å². The lowest BCUT2D eigenvalue weighted by atomic mass is 10.3. The summed E-state index contributed by atoms with van der Waals surface area (Å²) in [4.78, 5) is 1.68. The zero-order valence-electron chi connectivity index (χ0n) is 7.04. The van der Waals surface area contributed by atoms with Gasteiger partial charge in [0.1, 0.15) is 11.3 Å². The Morgan fingerprint density at radius 2 is 2.18 bits per heavy atom. The van der Waals surface area contributed by atoms with Gasteiger partial charge in [-0.05, 0) is 6.42 Å². The van der Waals surface area contributed by atoms with Gasteiger partial charge < -0.3 is 5.11 Å². The van der Waals surface area contributed by atoms with Crippen molar-refractivity contribution in [3.8, 4) is 0 Å². The normalized spacial score (nSPS) is 10.2. The highest BCUT2D eigenvalue weighted by Gasteiger charge is 2.05. The van der Waals surface area contributed by atoms with Crippen LogP contribution >= 0.6 is 0 Å². The summed E-state index contributed by atoms with van der Waals surface area (Å²) in [5.74, 6) is 0. The minimum absolute atomic E-state index is 0.110. The molecule has 3 nitrogen and oxygen atoms in total. The second-order valence-corrected chi connectivity index (χ2v) is 2.83. The minimum atomic E-state index is -0.110. The van der Waals surface area contributed by atoms with Crippen molar-refractivity contribution in [3.05, 3.63) is 0 Å². The van der Waals surface area contributed by atoms with Gasteiger partial charge in [-0.15, -0.1) is 0 Å². The Morgan fingerprint density at radius 1 is 1.55 bits per heavy atom. The monoisotopic (exact) mass is 177 g/mol. The SMILES string of the molecule is CCCCN(CC)C(O)=S=O. The molecular weight excluding hydrogens is 162 g/mol. The van der Waals surface area contributed by atoms with Crippen molar-refractivity contribution < 1.29 is 9.32 Å². The molecule has 0 aliphatic heterocycles. The topological polar surface area (TPSA) is 40.5 Å². The summed E-state index contributed by atoms with van der Waals surface area (Å²) in [6.45, 7) is 5.46. The number of hydrogen-bond acceptors (Lipinski definition) is 1. The number of hydrogen-bond donors (Lipinski definition) is 1. The molecular formula is C7H15NO2S. The van der Waals surface area contributed by atoms with Crippen LogP contribution in [0.15, 0.2) is 0 Å². The van der Waals surface area contributed by atoms with Gasteiger partial charge >= 0.3 is 0 Å². The standard InChI is InChI=1S/C7H15NO2S/c1-3-5-6-8(4-2)7(9)11-10/h9H,3-6H2,1-2H3. The molecule has 1 N–H and O–H groups in total. The molecule has 4 heteroatoms. The Hall–Kier alpha value is -0.190. The molecule has 0 amide bonds. The van der Waals surface area contributed by atoms with Crippen LogP contribution in [-0.2, 0) is 11.3 Å². The van der Waals surface area contributed by atoms with Gasteiger partial charge in [0.2, 0.25) is 5.17 Å². The lowest BCUT2D eigenvalue weighted by Gasteiger charge is -2.15. The van der Waals surface area contributed by atoms with E-state index in [-0.39, 0.29) is 16.4 Å². The number of aliphatic hydroxyl groups excluding tert-OH is 1. The maximum atomic E-state index is 10.2. The van der Waals surface area contributed by atoms with E-state index in [4.69, 9.17) is 5.11 Å². The molecule has 0 aromatic rings. The molecule has 66 valence electrons. The molecule has 0 heterocycles. The number of unbranched alkanes of at least 4 members (excludes halogenated alkanes) is 1. The van der Waals surface area contributed by atoms with Crippen molar-refractivity contribution in [2.24, 2.45) is 0 Å². The minimum Gasteiger partial charge on any atom is -0.340 e. The summed E-state index contributed by atoms with van der Waals surface area (Å²) in [6, 6.07) is 0. The van der Waals surface area contributed by atoms with Crippen molar-refractivity contribution in [1.82, 2.24) is 4.90 Å². The van der Waals surface area contributed by atoms with Crippen LogP contribution in [0.5, 0.6) is 0 Å². The molecule has 0 aliphatic carbocycles. The van der Waals surface area contributed by atoms with Gasteiger partial charge in [0.25, 0.3) is 0 Å². The van der Waals surface area contributed by atoms with Crippen molar-refractivity contribution >= 4 is 16.4 Å². The predicted octanol–water partition coefficient (Wildman–Crippen LogP) is 0.967. The van der Waals surface area contributed by atoms with Crippen molar-refractivity contribution in [2.75, 3.05) is 13.1 Å². The van der Waals surface area contributed by atoms with E-state index in [1.54, 1.807) is 4.90 Å². The first kappa shape index (κ1) is 10.8. The molecule has 0 saturated carbocycles. The van der Waals surface area contributed by atoms with Gasteiger partial charge in [-0.3, -0.25) is 0 Å². The van der Waals surface area contributed by atoms with Crippen LogP contribution < -0.4 is 0 Å². The Balaban J connectivity index is 3.85. The van der Waals surface area contributed by atoms with E-state index < -0.39 is 0 Å². The number of nitrogens with zero attached hydrogens (tertiary/aromatic N) is 1. The molecule has 0 fully saturated rings. The molecule has 0 aromatic carbocycles. The first-order valence-electron chi connectivity index (χ1n) is 3.86. The third-order valence-corrected chi connectivity index (χ3v) is 1.92. The van der Waals surface area contributed by atoms with Gasteiger partial charge in [0.15, 0.2) is 0 Å². The molecule has 0 spiro atoms. The van der Waals surface area contributed by atoms with Crippen molar-refractivity contribution in [1.29, 1.82) is 0 Å². The fourth-order valence-corrected chi connectivity index (χ4v) is 1.12. The lowest BCUT2D eigenvalue weighted by molar-refractivity contribution is 0.351. The summed E-state index contributed by atoms with van der Waals surface area (Å²) in [5, 5.41) is 8.93. The van der Waals surface area contributed by atoms with Crippen LogP contribution in [0.3, 0.4) is 0 Å². The fraction of sp³-hybridized carbons (Fsp3) is 0.857. The molecule has 0 saturated heterocycles. The van der Waals surface area contributed by atoms with E-state index in [1.165, 1.54) is 0 Å². The average molecular weight is 177 g/mol. The Labute approximate surface area is 71.1 Å². The van der Waals surface area contributed by atoms with Gasteiger partial charge in [-0.1, -0.05) is 20.3 Å². The van der Waals surface area contributed by atoms with Crippen LogP contribution in [0.2, 0.25) is 0 Å². The summed E-state index contributed by atoms with van der Waals surface area (Å²) in [7, 11) is 0. The van der Waals surface area contributed by atoms with E-state index in [1.807, 2.05) is 6.92 Å². The maximum Gasteiger partial charge on any atom is 0.216 e. The van der Waals surface area contributed by atoms with E-state index in [2.05, 4.69) is 6.92 Å². The summed E-state index contributed by atoms with van der Waals surface area (Å²) >= 11 is 0.156. The largest absolute Gasteiger partial charge is 0.340 e. The van der Waals surface area contributed by atoms with E-state index in [0.29, 0.717) is 6.54 Å². The second kappa shape index (κ2) is 6.52. The summed E-state index contributed by atoms with van der Waals surface area (Å²) in [6.07, 6.45) is 2.09. The van der Waals surface area contributed by atoms with Crippen LogP contribution in [0.1, 0.15) is 26.7 Å². The van der Waals surface area contributed by atoms with Crippen molar-refractivity contribution in [3.63, 3.8) is 0 Å². The van der Waals surface area contributed by atoms with Crippen LogP contribution in [0.4, 0.5) is 0 Å². The summed E-state index contributed by atoms with van der Waals surface area (Å²) < 4.78 is 10.2. The Kier molecular flexibility index (Phi) is 6.40. The van der Waals surface area contributed by atoms with Gasteiger partial charge in [0, 0.05) is 13.1 Å². The molecule has 0 aliphatic rings. The number of rotatable bonds is 4. The molecule has 0 rings (SSSR count). The number of aliphatic hydroxyl groups is 1. The van der Waals surface area contributed by atoms with Gasteiger partial charge in [0.05, 0.1) is 0 Å². The molecule has 0 bridgehead atoms. The Morgan fingerprint density at radius 3 is 2.55 bits per heavy atom. The second-order valence-electron chi connectivity index (χ2n) is 2.30. The van der Waals surface area contributed by atoms with E-state index in [0.717, 1.165) is 19.4 Å². The molecule has 0 atom stereocenters. The quantitative estimate of drug-likeness (QED) is 0.650. The third-order valence-electron chi connectivity index (χ3n) is 1.51. The zero-order chi connectivity index (χ0) is 8.69. The molecule has 0 unspecified atom stereocenters. The highest BCUT2D eigenvalue weighted by Crippen LogP contribution is 1.93. The molecule has 0 aromatic heterocycles. The van der Waals surface area contributed by atoms with Gasteiger partial charge in [-0.2, -0.15) is 0 Å². The Bertz CT molecular complexity index is 155. The van der Waals surface area contributed by atoms with Crippen LogP contribution in [0.25, 0.3) is 0 Å². The summed E-state index contributed by atoms with van der Waals surface area (Å²) in [5.41, 5.74) is 0. The van der Waals surface area contributed by atoms with E-state index >= 15 is 0 Å². The van der Waals surface area contributed by atoms with E-state index in [9.17, 15) is 4.21 Å². The van der Waals surface area contributed by atoms with Crippen LogP contribution in [0, 0.1) is 0 Å².